The second-order valence-electron chi connectivity index (χ2n) is 8.43. The van der Waals surface area contributed by atoms with Crippen LogP contribution in [0.3, 0.4) is 0 Å². The van der Waals surface area contributed by atoms with Crippen molar-refractivity contribution < 1.29 is 4.74 Å². The van der Waals surface area contributed by atoms with Crippen molar-refractivity contribution in [1.82, 2.24) is 0 Å². The van der Waals surface area contributed by atoms with Crippen LogP contribution >= 0.6 is 0 Å². The third-order valence-electron chi connectivity index (χ3n) is 6.12. The van der Waals surface area contributed by atoms with Crippen LogP contribution < -0.4 is 4.90 Å². The molecule has 0 spiro atoms. The molecule has 1 saturated carbocycles. The molecule has 2 aliphatic rings. The van der Waals surface area contributed by atoms with Gasteiger partial charge in [0.25, 0.3) is 0 Å². The predicted octanol–water partition coefficient (Wildman–Crippen LogP) is 5.31. The van der Waals surface area contributed by atoms with Crippen LogP contribution in [0.2, 0.25) is 0 Å². The van der Waals surface area contributed by atoms with E-state index in [1.165, 1.54) is 49.8 Å². The van der Waals surface area contributed by atoms with Gasteiger partial charge in [-0.25, -0.2) is 0 Å². The van der Waals surface area contributed by atoms with E-state index in [2.05, 4.69) is 49.9 Å². The number of rotatable bonds is 5. The van der Waals surface area contributed by atoms with Gasteiger partial charge in [-0.3, -0.25) is 0 Å². The highest BCUT2D eigenvalue weighted by molar-refractivity contribution is 5.48. The molecule has 0 radical (unpaired) electrons. The lowest BCUT2D eigenvalue weighted by Gasteiger charge is -2.36. The number of morpholine rings is 1. The Kier molecular flexibility index (Phi) is 6.21. The van der Waals surface area contributed by atoms with Gasteiger partial charge >= 0.3 is 0 Å². The molecule has 134 valence electrons. The quantitative estimate of drug-likeness (QED) is 0.726. The van der Waals surface area contributed by atoms with E-state index < -0.39 is 0 Å². The highest BCUT2D eigenvalue weighted by atomic mass is 16.5. The first kappa shape index (κ1) is 17.8. The minimum atomic E-state index is 0.368. The van der Waals surface area contributed by atoms with Gasteiger partial charge in [0.1, 0.15) is 0 Å². The van der Waals surface area contributed by atoms with Gasteiger partial charge in [-0.15, -0.1) is 0 Å². The molecule has 1 saturated heterocycles. The molecule has 1 aromatic carbocycles. The van der Waals surface area contributed by atoms with Crippen LogP contribution in [0.4, 0.5) is 5.69 Å². The largest absolute Gasteiger partial charge is 0.374 e. The van der Waals surface area contributed by atoms with Gasteiger partial charge in [0.05, 0.1) is 12.7 Å². The molecule has 0 amide bonds. The molecule has 2 heteroatoms. The first-order valence-electron chi connectivity index (χ1n) is 10.1. The number of benzene rings is 1. The van der Waals surface area contributed by atoms with Crippen molar-refractivity contribution in [3.8, 4) is 0 Å². The van der Waals surface area contributed by atoms with E-state index in [1.54, 1.807) is 0 Å². The van der Waals surface area contributed by atoms with Crippen LogP contribution in [0, 0.1) is 17.8 Å². The van der Waals surface area contributed by atoms with Crippen molar-refractivity contribution in [2.75, 3.05) is 24.6 Å². The number of hydrogen-bond acceptors (Lipinski definition) is 2. The minimum absolute atomic E-state index is 0.368. The third kappa shape index (κ3) is 4.75. The van der Waals surface area contributed by atoms with Gasteiger partial charge in [-0.2, -0.15) is 0 Å². The Morgan fingerprint density at radius 1 is 1.08 bits per heavy atom. The first-order chi connectivity index (χ1) is 11.6. The molecular weight excluding hydrogens is 294 g/mol. The summed E-state index contributed by atoms with van der Waals surface area (Å²) in [5.41, 5.74) is 2.87. The molecule has 24 heavy (non-hydrogen) atoms. The maximum Gasteiger partial charge on any atom is 0.0773 e. The number of aryl methyl sites for hydroxylation is 1. The molecule has 3 rings (SSSR count). The molecule has 0 unspecified atom stereocenters. The van der Waals surface area contributed by atoms with E-state index in [-0.39, 0.29) is 0 Å². The summed E-state index contributed by atoms with van der Waals surface area (Å²) in [7, 11) is 0. The maximum absolute atomic E-state index is 5.89. The van der Waals surface area contributed by atoms with Gasteiger partial charge in [0.2, 0.25) is 0 Å². The molecule has 1 aliphatic heterocycles. The molecule has 0 aromatic heterocycles. The Labute approximate surface area is 148 Å². The SMILES string of the molecule is CC1CCC(CCc2ccc(N3CCO[C@H](C(C)C)C3)cc2)CC1. The summed E-state index contributed by atoms with van der Waals surface area (Å²) in [5.74, 6) is 2.51. The molecular formula is C22H35NO. The lowest BCUT2D eigenvalue weighted by molar-refractivity contribution is 0.0114. The fraction of sp³-hybridized carbons (Fsp3) is 0.727. The number of ether oxygens (including phenoxy) is 1. The average Bonchev–Trinajstić information content (AvgIpc) is 2.62. The molecule has 1 atom stereocenters. The Morgan fingerprint density at radius 2 is 1.79 bits per heavy atom. The van der Waals surface area contributed by atoms with E-state index >= 15 is 0 Å². The van der Waals surface area contributed by atoms with Crippen molar-refractivity contribution in [3.63, 3.8) is 0 Å². The zero-order chi connectivity index (χ0) is 16.9. The average molecular weight is 330 g/mol. The van der Waals surface area contributed by atoms with Crippen LogP contribution in [0.25, 0.3) is 0 Å². The van der Waals surface area contributed by atoms with Gasteiger partial charge in [0, 0.05) is 18.8 Å². The van der Waals surface area contributed by atoms with Gasteiger partial charge in [0.15, 0.2) is 0 Å². The Hall–Kier alpha value is -1.02. The minimum Gasteiger partial charge on any atom is -0.374 e. The summed E-state index contributed by atoms with van der Waals surface area (Å²) < 4.78 is 5.89. The van der Waals surface area contributed by atoms with E-state index in [0.29, 0.717) is 12.0 Å². The summed E-state index contributed by atoms with van der Waals surface area (Å²) in [6.07, 6.45) is 8.77. The first-order valence-corrected chi connectivity index (χ1v) is 10.1. The monoisotopic (exact) mass is 329 g/mol. The van der Waals surface area contributed by atoms with Crippen LogP contribution in [-0.4, -0.2) is 25.8 Å². The molecule has 0 N–H and O–H groups in total. The molecule has 1 heterocycles. The Morgan fingerprint density at radius 3 is 2.46 bits per heavy atom. The summed E-state index contributed by atoms with van der Waals surface area (Å²) >= 11 is 0. The Balaban J connectivity index is 1.50. The highest BCUT2D eigenvalue weighted by Gasteiger charge is 2.23. The zero-order valence-electron chi connectivity index (χ0n) is 15.8. The van der Waals surface area contributed by atoms with Crippen molar-refractivity contribution in [3.05, 3.63) is 29.8 Å². The zero-order valence-corrected chi connectivity index (χ0v) is 15.8. The fourth-order valence-electron chi connectivity index (χ4n) is 4.18. The number of hydrogen-bond donors (Lipinski definition) is 0. The van der Waals surface area contributed by atoms with Crippen molar-refractivity contribution in [2.45, 2.75) is 65.4 Å². The van der Waals surface area contributed by atoms with Gasteiger partial charge in [-0.05, 0) is 48.3 Å². The van der Waals surface area contributed by atoms with Gasteiger partial charge in [-0.1, -0.05) is 58.6 Å². The third-order valence-corrected chi connectivity index (χ3v) is 6.12. The second kappa shape index (κ2) is 8.38. The van der Waals surface area contributed by atoms with Crippen molar-refractivity contribution >= 4 is 5.69 Å². The number of nitrogens with zero attached hydrogens (tertiary/aromatic N) is 1. The number of anilines is 1. The smallest absolute Gasteiger partial charge is 0.0773 e. The van der Waals surface area contributed by atoms with Crippen LogP contribution in [0.1, 0.15) is 58.4 Å². The summed E-state index contributed by atoms with van der Waals surface area (Å²) in [6, 6.07) is 9.34. The molecule has 0 bridgehead atoms. The van der Waals surface area contributed by atoms with Crippen LogP contribution in [-0.2, 0) is 11.2 Å². The molecule has 2 nitrogen and oxygen atoms in total. The molecule has 1 aliphatic carbocycles. The molecule has 1 aromatic rings. The topological polar surface area (TPSA) is 12.5 Å². The highest BCUT2D eigenvalue weighted by Crippen LogP contribution is 2.31. The standard InChI is InChI=1S/C22H35NO/c1-17(2)22-16-23(14-15-24-22)21-12-10-20(11-13-21)9-8-19-6-4-18(3)5-7-19/h10-13,17-19,22H,4-9,14-16H2,1-3H3/t18?,19?,22-/m0/s1. The normalized spacial score (nSPS) is 28.3. The lowest BCUT2D eigenvalue weighted by atomic mass is 9.80. The van der Waals surface area contributed by atoms with Crippen molar-refractivity contribution in [2.24, 2.45) is 17.8 Å². The summed E-state index contributed by atoms with van der Waals surface area (Å²) in [5, 5.41) is 0. The fourth-order valence-corrected chi connectivity index (χ4v) is 4.18. The maximum atomic E-state index is 5.89. The van der Waals surface area contributed by atoms with E-state index in [0.717, 1.165) is 31.5 Å². The lowest BCUT2D eigenvalue weighted by Crippen LogP contribution is -2.44. The summed E-state index contributed by atoms with van der Waals surface area (Å²) in [4.78, 5) is 2.49. The van der Waals surface area contributed by atoms with Crippen molar-refractivity contribution in [1.29, 1.82) is 0 Å². The second-order valence-corrected chi connectivity index (χ2v) is 8.43. The summed E-state index contributed by atoms with van der Waals surface area (Å²) in [6.45, 7) is 9.81. The van der Waals surface area contributed by atoms with E-state index in [9.17, 15) is 0 Å². The van der Waals surface area contributed by atoms with E-state index in [4.69, 9.17) is 4.74 Å². The predicted molar refractivity (Wildman–Crippen MR) is 103 cm³/mol. The van der Waals surface area contributed by atoms with Crippen LogP contribution in [0.15, 0.2) is 24.3 Å². The Bertz CT molecular complexity index is 487. The van der Waals surface area contributed by atoms with Gasteiger partial charge < -0.3 is 9.64 Å². The van der Waals surface area contributed by atoms with Crippen LogP contribution in [0.5, 0.6) is 0 Å². The molecule has 2 fully saturated rings. The van der Waals surface area contributed by atoms with E-state index in [1.807, 2.05) is 0 Å².